The maximum Gasteiger partial charge on any atom is 0.229 e. The Morgan fingerprint density at radius 1 is 1.36 bits per heavy atom. The van der Waals surface area contributed by atoms with E-state index in [4.69, 9.17) is 5.73 Å². The number of hydrogen-bond acceptors (Lipinski definition) is 3. The van der Waals surface area contributed by atoms with Gasteiger partial charge in [0.05, 0.1) is 0 Å². The summed E-state index contributed by atoms with van der Waals surface area (Å²) in [5, 5.41) is 0. The van der Waals surface area contributed by atoms with Crippen LogP contribution < -0.4 is 5.73 Å². The summed E-state index contributed by atoms with van der Waals surface area (Å²) in [6, 6.07) is -0.149. The summed E-state index contributed by atoms with van der Waals surface area (Å²) in [6.07, 6.45) is 0.872. The standard InChI is InChI=1S/C10H18N2O2/c1-7(11)6-12-8(13)4-10(2,3)5-9(12)14/h7H,4-6,11H2,1-3H3/t7-/m1/s1. The van der Waals surface area contributed by atoms with Crippen LogP contribution in [0.4, 0.5) is 0 Å². The van der Waals surface area contributed by atoms with Crippen molar-refractivity contribution in [2.24, 2.45) is 11.1 Å². The molecule has 4 nitrogen and oxygen atoms in total. The van der Waals surface area contributed by atoms with Crippen LogP contribution >= 0.6 is 0 Å². The number of nitrogens with two attached hydrogens (primary N) is 1. The average Bonchev–Trinajstić information content (AvgIpc) is 1.94. The molecule has 0 saturated carbocycles. The van der Waals surface area contributed by atoms with Crippen LogP contribution in [0.15, 0.2) is 0 Å². The summed E-state index contributed by atoms with van der Waals surface area (Å²) >= 11 is 0. The van der Waals surface area contributed by atoms with Crippen molar-refractivity contribution < 1.29 is 9.59 Å². The lowest BCUT2D eigenvalue weighted by atomic mass is 9.81. The average molecular weight is 198 g/mol. The molecule has 14 heavy (non-hydrogen) atoms. The quantitative estimate of drug-likeness (QED) is 0.657. The number of imide groups is 1. The Morgan fingerprint density at radius 3 is 2.14 bits per heavy atom. The van der Waals surface area contributed by atoms with E-state index in [1.54, 1.807) is 6.92 Å². The van der Waals surface area contributed by atoms with Gasteiger partial charge in [0.25, 0.3) is 0 Å². The smallest absolute Gasteiger partial charge is 0.229 e. The van der Waals surface area contributed by atoms with Gasteiger partial charge in [-0.05, 0) is 12.3 Å². The third-order valence-electron chi connectivity index (χ3n) is 2.33. The SMILES string of the molecule is C[C@@H](N)CN1C(=O)CC(C)(C)CC1=O. The van der Waals surface area contributed by atoms with Gasteiger partial charge in [0, 0.05) is 25.4 Å². The molecule has 1 aliphatic rings. The second-order valence-corrected chi connectivity index (χ2v) is 4.89. The van der Waals surface area contributed by atoms with E-state index in [1.807, 2.05) is 13.8 Å². The van der Waals surface area contributed by atoms with Gasteiger partial charge in [-0.2, -0.15) is 0 Å². The fourth-order valence-corrected chi connectivity index (χ4v) is 1.70. The van der Waals surface area contributed by atoms with Gasteiger partial charge >= 0.3 is 0 Å². The highest BCUT2D eigenvalue weighted by Crippen LogP contribution is 2.31. The molecule has 1 heterocycles. The van der Waals surface area contributed by atoms with Crippen molar-refractivity contribution in [1.82, 2.24) is 4.90 Å². The van der Waals surface area contributed by atoms with Crippen molar-refractivity contribution in [3.05, 3.63) is 0 Å². The lowest BCUT2D eigenvalue weighted by Gasteiger charge is -2.35. The number of nitrogens with zero attached hydrogens (tertiary/aromatic N) is 1. The van der Waals surface area contributed by atoms with Crippen LogP contribution in [0.2, 0.25) is 0 Å². The van der Waals surface area contributed by atoms with E-state index in [1.165, 1.54) is 4.90 Å². The molecule has 0 bridgehead atoms. The molecule has 0 aromatic rings. The zero-order valence-electron chi connectivity index (χ0n) is 9.04. The van der Waals surface area contributed by atoms with Gasteiger partial charge in [0.1, 0.15) is 0 Å². The van der Waals surface area contributed by atoms with E-state index in [0.717, 1.165) is 0 Å². The summed E-state index contributed by atoms with van der Waals surface area (Å²) in [4.78, 5) is 24.5. The van der Waals surface area contributed by atoms with Crippen molar-refractivity contribution in [3.8, 4) is 0 Å². The predicted molar refractivity (Wildman–Crippen MR) is 53.4 cm³/mol. The van der Waals surface area contributed by atoms with Crippen LogP contribution in [0.1, 0.15) is 33.6 Å². The van der Waals surface area contributed by atoms with Crippen LogP contribution in [0.3, 0.4) is 0 Å². The first-order valence-electron chi connectivity index (χ1n) is 4.90. The number of hydrogen-bond donors (Lipinski definition) is 1. The molecule has 1 aliphatic heterocycles. The van der Waals surface area contributed by atoms with Gasteiger partial charge in [-0.1, -0.05) is 13.8 Å². The van der Waals surface area contributed by atoms with E-state index in [9.17, 15) is 9.59 Å². The molecule has 0 aromatic heterocycles. The van der Waals surface area contributed by atoms with E-state index in [0.29, 0.717) is 19.4 Å². The Labute approximate surface area is 84.4 Å². The molecular weight excluding hydrogens is 180 g/mol. The van der Waals surface area contributed by atoms with Crippen molar-refractivity contribution >= 4 is 11.8 Å². The van der Waals surface area contributed by atoms with Crippen molar-refractivity contribution in [2.75, 3.05) is 6.54 Å². The van der Waals surface area contributed by atoms with Gasteiger partial charge in [0.15, 0.2) is 0 Å². The molecule has 2 amide bonds. The third kappa shape index (κ3) is 2.54. The number of carbonyl (C=O) groups excluding carboxylic acids is 2. The summed E-state index contributed by atoms with van der Waals surface area (Å²) in [6.45, 7) is 6.01. The molecule has 1 fully saturated rings. The van der Waals surface area contributed by atoms with E-state index < -0.39 is 0 Å². The number of carbonyl (C=O) groups is 2. The minimum absolute atomic E-state index is 0.0939. The van der Waals surface area contributed by atoms with Crippen molar-refractivity contribution in [1.29, 1.82) is 0 Å². The fourth-order valence-electron chi connectivity index (χ4n) is 1.70. The maximum atomic E-state index is 11.6. The highest BCUT2D eigenvalue weighted by atomic mass is 16.2. The molecule has 80 valence electrons. The Kier molecular flexibility index (Phi) is 2.95. The summed E-state index contributed by atoms with van der Waals surface area (Å²) < 4.78 is 0. The molecule has 1 rings (SSSR count). The molecular formula is C10H18N2O2. The van der Waals surface area contributed by atoms with Crippen LogP contribution in [0.25, 0.3) is 0 Å². The summed E-state index contributed by atoms with van der Waals surface area (Å²) in [7, 11) is 0. The number of rotatable bonds is 2. The molecule has 0 aromatic carbocycles. The topological polar surface area (TPSA) is 63.4 Å². The Balaban J connectivity index is 2.71. The summed E-state index contributed by atoms with van der Waals surface area (Å²) in [5.74, 6) is -0.188. The first-order chi connectivity index (χ1) is 6.32. The second kappa shape index (κ2) is 3.69. The van der Waals surface area contributed by atoms with Crippen molar-refractivity contribution in [2.45, 2.75) is 39.7 Å². The molecule has 1 atom stereocenters. The minimum atomic E-state index is -0.192. The second-order valence-electron chi connectivity index (χ2n) is 4.89. The Morgan fingerprint density at radius 2 is 1.79 bits per heavy atom. The molecule has 4 heteroatoms. The fraction of sp³-hybridized carbons (Fsp3) is 0.800. The van der Waals surface area contributed by atoms with Crippen LogP contribution in [0.5, 0.6) is 0 Å². The van der Waals surface area contributed by atoms with Gasteiger partial charge in [-0.3, -0.25) is 14.5 Å². The van der Waals surface area contributed by atoms with Crippen LogP contribution in [-0.2, 0) is 9.59 Å². The van der Waals surface area contributed by atoms with Gasteiger partial charge in [-0.15, -0.1) is 0 Å². The zero-order chi connectivity index (χ0) is 10.9. The molecule has 0 spiro atoms. The monoisotopic (exact) mass is 198 g/mol. The molecule has 0 radical (unpaired) electrons. The van der Waals surface area contributed by atoms with Crippen molar-refractivity contribution in [3.63, 3.8) is 0 Å². The van der Waals surface area contributed by atoms with Gasteiger partial charge in [-0.25, -0.2) is 0 Å². The van der Waals surface area contributed by atoms with Gasteiger partial charge < -0.3 is 5.73 Å². The number of amides is 2. The normalized spacial score (nSPS) is 23.9. The largest absolute Gasteiger partial charge is 0.326 e. The highest BCUT2D eigenvalue weighted by Gasteiger charge is 2.37. The minimum Gasteiger partial charge on any atom is -0.326 e. The Hall–Kier alpha value is -0.900. The molecule has 0 aliphatic carbocycles. The van der Waals surface area contributed by atoms with Gasteiger partial charge in [0.2, 0.25) is 11.8 Å². The molecule has 0 unspecified atom stereocenters. The summed E-state index contributed by atoms with van der Waals surface area (Å²) in [5.41, 5.74) is 5.38. The van der Waals surface area contributed by atoms with E-state index >= 15 is 0 Å². The Bertz CT molecular complexity index is 239. The zero-order valence-corrected chi connectivity index (χ0v) is 9.04. The lowest BCUT2D eigenvalue weighted by Crippen LogP contribution is -2.49. The predicted octanol–water partition coefficient (Wildman–Crippen LogP) is 0.509. The maximum absolute atomic E-state index is 11.6. The van der Waals surface area contributed by atoms with Crippen LogP contribution in [-0.4, -0.2) is 29.3 Å². The molecule has 1 saturated heterocycles. The van der Waals surface area contributed by atoms with E-state index in [2.05, 4.69) is 0 Å². The highest BCUT2D eigenvalue weighted by molar-refractivity contribution is 5.98. The number of likely N-dealkylation sites (tertiary alicyclic amines) is 1. The third-order valence-corrected chi connectivity index (χ3v) is 2.33. The number of piperidine rings is 1. The first-order valence-corrected chi connectivity index (χ1v) is 4.90. The van der Waals surface area contributed by atoms with E-state index in [-0.39, 0.29) is 23.3 Å². The van der Waals surface area contributed by atoms with Crippen LogP contribution in [0, 0.1) is 5.41 Å². The first kappa shape index (κ1) is 11.2. The molecule has 2 N–H and O–H groups in total. The lowest BCUT2D eigenvalue weighted by molar-refractivity contribution is -0.152.